The van der Waals surface area contributed by atoms with Gasteiger partial charge in [-0.25, -0.2) is 0 Å². The van der Waals surface area contributed by atoms with Crippen LogP contribution in [0.2, 0.25) is 5.02 Å². The quantitative estimate of drug-likeness (QED) is 0.880. The molecule has 1 aromatic carbocycles. The predicted octanol–water partition coefficient (Wildman–Crippen LogP) is 3.52. The maximum Gasteiger partial charge on any atom is 0.143 e. The Hall–Kier alpha value is -1.06. The van der Waals surface area contributed by atoms with Gasteiger partial charge in [0, 0.05) is 24.2 Å². The summed E-state index contributed by atoms with van der Waals surface area (Å²) in [6.07, 6.45) is 1.78. The highest BCUT2D eigenvalue weighted by Crippen LogP contribution is 2.35. The van der Waals surface area contributed by atoms with Gasteiger partial charge in [0.15, 0.2) is 0 Å². The molecule has 0 spiro atoms. The molecule has 0 aromatic heterocycles. The smallest absolute Gasteiger partial charge is 0.143 e. The van der Waals surface area contributed by atoms with Crippen LogP contribution in [0.25, 0.3) is 0 Å². The first-order valence-corrected chi connectivity index (χ1v) is 5.45. The summed E-state index contributed by atoms with van der Waals surface area (Å²) >= 11 is 11.4. The fraction of sp³-hybridized carbons (Fsp3) is 0.273. The maximum absolute atomic E-state index is 5.97. The molecule has 0 radical (unpaired) electrons. The minimum Gasteiger partial charge on any atom is -0.495 e. The molecule has 0 aliphatic rings. The Morgan fingerprint density at radius 1 is 1.25 bits per heavy atom. The van der Waals surface area contributed by atoms with Crippen LogP contribution in [0, 0.1) is 0 Å². The van der Waals surface area contributed by atoms with Crippen LogP contribution in [0.3, 0.4) is 0 Å². The van der Waals surface area contributed by atoms with E-state index in [4.69, 9.17) is 32.7 Å². The van der Waals surface area contributed by atoms with Crippen LogP contribution < -0.4 is 14.8 Å². The van der Waals surface area contributed by atoms with Gasteiger partial charge in [-0.15, -0.1) is 0 Å². The van der Waals surface area contributed by atoms with E-state index in [9.17, 15) is 0 Å². The van der Waals surface area contributed by atoms with Crippen molar-refractivity contribution in [1.82, 2.24) is 0 Å². The van der Waals surface area contributed by atoms with E-state index in [2.05, 4.69) is 5.32 Å². The van der Waals surface area contributed by atoms with Crippen LogP contribution >= 0.6 is 23.2 Å². The number of hydrogen-bond acceptors (Lipinski definition) is 3. The monoisotopic (exact) mass is 261 g/mol. The molecule has 0 saturated heterocycles. The van der Waals surface area contributed by atoms with Crippen molar-refractivity contribution in [2.45, 2.75) is 0 Å². The summed E-state index contributed by atoms with van der Waals surface area (Å²) < 4.78 is 10.3. The molecule has 0 aliphatic carbocycles. The molecule has 5 heteroatoms. The Morgan fingerprint density at radius 3 is 2.50 bits per heavy atom. The highest BCUT2D eigenvalue weighted by atomic mass is 35.5. The second-order valence-corrected chi connectivity index (χ2v) is 3.59. The topological polar surface area (TPSA) is 30.5 Å². The van der Waals surface area contributed by atoms with E-state index in [1.54, 1.807) is 32.4 Å². The average molecular weight is 262 g/mol. The van der Waals surface area contributed by atoms with Gasteiger partial charge in [-0.2, -0.15) is 0 Å². The summed E-state index contributed by atoms with van der Waals surface area (Å²) in [4.78, 5) is 0. The van der Waals surface area contributed by atoms with Gasteiger partial charge in [0.1, 0.15) is 11.5 Å². The lowest BCUT2D eigenvalue weighted by Crippen LogP contribution is -2.01. The van der Waals surface area contributed by atoms with Crippen molar-refractivity contribution in [3.63, 3.8) is 0 Å². The van der Waals surface area contributed by atoms with Gasteiger partial charge in [0.05, 0.1) is 24.9 Å². The summed E-state index contributed by atoms with van der Waals surface area (Å²) in [5.41, 5.74) is 2.26. The minimum absolute atomic E-state index is 0.512. The van der Waals surface area contributed by atoms with Crippen molar-refractivity contribution in [3.05, 3.63) is 28.8 Å². The molecule has 1 N–H and O–H groups in total. The molecule has 0 fully saturated rings. The molecule has 0 aliphatic heterocycles. The molecule has 1 rings (SSSR count). The van der Waals surface area contributed by atoms with Gasteiger partial charge >= 0.3 is 0 Å². The third-order valence-corrected chi connectivity index (χ3v) is 2.45. The number of anilines is 1. The normalized spacial score (nSPS) is 10.5. The molecule has 0 unspecified atom stereocenters. The van der Waals surface area contributed by atoms with E-state index in [-0.39, 0.29) is 0 Å². The Kier molecular flexibility index (Phi) is 5.29. The van der Waals surface area contributed by atoms with Crippen molar-refractivity contribution in [2.24, 2.45) is 0 Å². The molecule has 88 valence electrons. The fourth-order valence-corrected chi connectivity index (χ4v) is 1.53. The van der Waals surface area contributed by atoms with Crippen LogP contribution in [-0.4, -0.2) is 20.8 Å². The van der Waals surface area contributed by atoms with Gasteiger partial charge in [0.2, 0.25) is 0 Å². The van der Waals surface area contributed by atoms with E-state index in [1.165, 1.54) is 5.54 Å². The Labute approximate surface area is 105 Å². The number of halogens is 2. The Bertz CT molecular complexity index is 380. The molecule has 0 atom stereocenters. The molecule has 16 heavy (non-hydrogen) atoms. The molecule has 3 nitrogen and oxygen atoms in total. The zero-order valence-corrected chi connectivity index (χ0v) is 10.6. The molecule has 0 bridgehead atoms. The third kappa shape index (κ3) is 3.22. The summed E-state index contributed by atoms with van der Waals surface area (Å²) in [5.74, 6) is 1.26. The number of nitrogens with one attached hydrogen (secondary N) is 1. The van der Waals surface area contributed by atoms with Crippen molar-refractivity contribution in [3.8, 4) is 11.5 Å². The van der Waals surface area contributed by atoms with Gasteiger partial charge in [-0.05, 0) is 0 Å². The summed E-state index contributed by atoms with van der Waals surface area (Å²) in [7, 11) is 3.15. The van der Waals surface area contributed by atoms with Gasteiger partial charge in [-0.3, -0.25) is 0 Å². The van der Waals surface area contributed by atoms with E-state index in [1.807, 2.05) is 0 Å². The standard InChI is InChI=1S/C11H13Cl2NO2/c1-15-10-7-9(14-5-3-4-12)11(16-2)6-8(10)13/h3-4,6-7,14H,5H2,1-2H3/b4-3+. The molecular weight excluding hydrogens is 249 g/mol. The Balaban J connectivity index is 2.95. The third-order valence-electron chi connectivity index (χ3n) is 1.97. The first-order valence-electron chi connectivity index (χ1n) is 4.63. The first-order chi connectivity index (χ1) is 7.72. The van der Waals surface area contributed by atoms with Crippen molar-refractivity contribution in [1.29, 1.82) is 0 Å². The number of methoxy groups -OCH3 is 2. The lowest BCUT2D eigenvalue weighted by molar-refractivity contribution is 0.405. The van der Waals surface area contributed by atoms with Crippen LogP contribution in [-0.2, 0) is 0 Å². The van der Waals surface area contributed by atoms with Gasteiger partial charge in [-0.1, -0.05) is 29.3 Å². The average Bonchev–Trinajstić information content (AvgIpc) is 2.30. The summed E-state index contributed by atoms with van der Waals surface area (Å²) in [6.45, 7) is 0.602. The molecule has 0 saturated carbocycles. The molecule has 1 aromatic rings. The van der Waals surface area contributed by atoms with E-state index >= 15 is 0 Å². The van der Waals surface area contributed by atoms with Gasteiger partial charge in [0.25, 0.3) is 0 Å². The molecule has 0 heterocycles. The van der Waals surface area contributed by atoms with Crippen LogP contribution in [0.4, 0.5) is 5.69 Å². The van der Waals surface area contributed by atoms with Gasteiger partial charge < -0.3 is 14.8 Å². The van der Waals surface area contributed by atoms with E-state index in [0.29, 0.717) is 23.1 Å². The SMILES string of the molecule is COc1cc(NC/C=C/Cl)c(OC)cc1Cl. The fourth-order valence-electron chi connectivity index (χ4n) is 1.21. The number of ether oxygens (including phenoxy) is 2. The van der Waals surface area contributed by atoms with Crippen molar-refractivity contribution in [2.75, 3.05) is 26.1 Å². The van der Waals surface area contributed by atoms with E-state index in [0.717, 1.165) is 5.69 Å². The summed E-state index contributed by atoms with van der Waals surface area (Å²) in [6, 6.07) is 3.48. The van der Waals surface area contributed by atoms with E-state index < -0.39 is 0 Å². The number of hydrogen-bond donors (Lipinski definition) is 1. The first kappa shape index (κ1) is 13.0. The lowest BCUT2D eigenvalue weighted by atomic mass is 10.2. The highest BCUT2D eigenvalue weighted by Gasteiger charge is 2.08. The maximum atomic E-state index is 5.97. The second-order valence-electron chi connectivity index (χ2n) is 2.93. The molecular formula is C11H13Cl2NO2. The lowest BCUT2D eigenvalue weighted by Gasteiger charge is -2.12. The zero-order valence-electron chi connectivity index (χ0n) is 9.09. The van der Waals surface area contributed by atoms with Crippen LogP contribution in [0.5, 0.6) is 11.5 Å². The molecule has 0 amide bonds. The van der Waals surface area contributed by atoms with Crippen molar-refractivity contribution < 1.29 is 9.47 Å². The second kappa shape index (κ2) is 6.51. The predicted molar refractivity (Wildman–Crippen MR) is 68.0 cm³/mol. The number of rotatable bonds is 5. The van der Waals surface area contributed by atoms with Crippen LogP contribution in [0.1, 0.15) is 0 Å². The minimum atomic E-state index is 0.512. The zero-order chi connectivity index (χ0) is 12.0. The largest absolute Gasteiger partial charge is 0.495 e. The van der Waals surface area contributed by atoms with Crippen LogP contribution in [0.15, 0.2) is 23.7 Å². The summed E-state index contributed by atoms with van der Waals surface area (Å²) in [5, 5.41) is 3.64. The highest BCUT2D eigenvalue weighted by molar-refractivity contribution is 6.32. The van der Waals surface area contributed by atoms with Crippen molar-refractivity contribution >= 4 is 28.9 Å². The number of benzene rings is 1. The Morgan fingerprint density at radius 2 is 1.94 bits per heavy atom.